The number of aromatic hydroxyl groups is 4. The maximum atomic E-state index is 12.4. The fourth-order valence-corrected chi connectivity index (χ4v) is 3.26. The fraction of sp³-hybridized carbons (Fsp3) is 0.0435. The van der Waals surface area contributed by atoms with Gasteiger partial charge in [0.15, 0.2) is 16.9 Å². The summed E-state index contributed by atoms with van der Waals surface area (Å²) in [6, 6.07) is 11.9. The summed E-state index contributed by atoms with van der Waals surface area (Å²) >= 11 is 0. The van der Waals surface area contributed by atoms with Crippen molar-refractivity contribution in [2.45, 2.75) is 6.42 Å². The highest BCUT2D eigenvalue weighted by Crippen LogP contribution is 2.43. The zero-order valence-corrected chi connectivity index (χ0v) is 16.3. The Hall–Kier alpha value is -4.66. The standard InChI is InChI=1S/C23H16O9/c24-13-8-14(25)22-15(26)10-19(31-20(22)9-13)12-5-16(27)23(17(28)6-12)32-18-4-2-1-3-11(18)7-21(29)30/h1-6,8-10,24-25,27-28H,7H2,(H,29,30). The number of rotatable bonds is 5. The molecule has 0 saturated carbocycles. The predicted octanol–water partition coefficient (Wildman–Crippen LogP) is 3.70. The Balaban J connectivity index is 1.76. The average molecular weight is 436 g/mol. The Morgan fingerprint density at radius 1 is 0.906 bits per heavy atom. The van der Waals surface area contributed by atoms with Crippen LogP contribution in [-0.4, -0.2) is 31.5 Å². The van der Waals surface area contributed by atoms with Gasteiger partial charge in [0.2, 0.25) is 5.75 Å². The number of carboxylic acid groups (broad SMARTS) is 1. The molecule has 0 unspecified atom stereocenters. The van der Waals surface area contributed by atoms with Gasteiger partial charge in [0.25, 0.3) is 0 Å². The molecule has 1 aromatic heterocycles. The quantitative estimate of drug-likeness (QED) is 0.314. The number of hydrogen-bond acceptors (Lipinski definition) is 8. The van der Waals surface area contributed by atoms with E-state index in [0.717, 1.165) is 18.2 Å². The molecule has 0 bridgehead atoms. The number of phenolic OH excluding ortho intramolecular Hbond substituents is 4. The zero-order chi connectivity index (χ0) is 23.0. The van der Waals surface area contributed by atoms with E-state index in [4.69, 9.17) is 14.3 Å². The normalized spacial score (nSPS) is 10.9. The highest BCUT2D eigenvalue weighted by atomic mass is 16.5. The minimum Gasteiger partial charge on any atom is -0.508 e. The molecular weight excluding hydrogens is 420 g/mol. The summed E-state index contributed by atoms with van der Waals surface area (Å²) in [7, 11) is 0. The maximum Gasteiger partial charge on any atom is 0.307 e. The first-order valence-electron chi connectivity index (χ1n) is 9.26. The first kappa shape index (κ1) is 20.6. The van der Waals surface area contributed by atoms with E-state index in [1.54, 1.807) is 18.2 Å². The van der Waals surface area contributed by atoms with Crippen LogP contribution in [0.1, 0.15) is 5.56 Å². The van der Waals surface area contributed by atoms with Crippen LogP contribution >= 0.6 is 0 Å². The number of ether oxygens (including phenoxy) is 1. The van der Waals surface area contributed by atoms with Crippen LogP contribution in [0.15, 0.2) is 63.8 Å². The predicted molar refractivity (Wildman–Crippen MR) is 112 cm³/mol. The SMILES string of the molecule is O=C(O)Cc1ccccc1Oc1c(O)cc(-c2cc(=O)c3c(O)cc(O)cc3o2)cc1O. The van der Waals surface area contributed by atoms with E-state index in [9.17, 15) is 30.0 Å². The summed E-state index contributed by atoms with van der Waals surface area (Å²) in [6.07, 6.45) is -0.322. The third-order valence-corrected chi connectivity index (χ3v) is 4.66. The molecule has 0 atom stereocenters. The molecular formula is C23H16O9. The number of aliphatic carboxylic acids is 1. The summed E-state index contributed by atoms with van der Waals surface area (Å²) in [4.78, 5) is 23.5. The molecule has 4 aromatic rings. The Labute approximate surface area is 179 Å². The van der Waals surface area contributed by atoms with Crippen LogP contribution in [-0.2, 0) is 11.2 Å². The van der Waals surface area contributed by atoms with Gasteiger partial charge >= 0.3 is 5.97 Å². The Kier molecular flexibility index (Phi) is 5.07. The highest BCUT2D eigenvalue weighted by Gasteiger charge is 2.18. The van der Waals surface area contributed by atoms with Crippen LogP contribution in [0.25, 0.3) is 22.3 Å². The molecule has 162 valence electrons. The van der Waals surface area contributed by atoms with E-state index >= 15 is 0 Å². The van der Waals surface area contributed by atoms with Gasteiger partial charge in [-0.2, -0.15) is 0 Å². The van der Waals surface area contributed by atoms with E-state index in [1.165, 1.54) is 18.2 Å². The van der Waals surface area contributed by atoms with Crippen molar-refractivity contribution in [2.24, 2.45) is 0 Å². The van der Waals surface area contributed by atoms with Gasteiger partial charge in [-0.1, -0.05) is 18.2 Å². The maximum absolute atomic E-state index is 12.4. The van der Waals surface area contributed by atoms with Gasteiger partial charge in [0, 0.05) is 29.3 Å². The van der Waals surface area contributed by atoms with Gasteiger partial charge in [-0.05, 0) is 18.2 Å². The lowest BCUT2D eigenvalue weighted by molar-refractivity contribution is -0.136. The number of hydrogen-bond donors (Lipinski definition) is 5. The van der Waals surface area contributed by atoms with Crippen LogP contribution in [0.4, 0.5) is 0 Å². The number of fused-ring (bicyclic) bond motifs is 1. The lowest BCUT2D eigenvalue weighted by Crippen LogP contribution is -2.02. The van der Waals surface area contributed by atoms with Gasteiger partial charge in [-0.15, -0.1) is 0 Å². The number of benzene rings is 3. The molecule has 5 N–H and O–H groups in total. The van der Waals surface area contributed by atoms with Gasteiger partial charge < -0.3 is 34.7 Å². The van der Waals surface area contributed by atoms with Crippen LogP contribution in [0.2, 0.25) is 0 Å². The molecule has 9 heteroatoms. The number of para-hydroxylation sites is 1. The van der Waals surface area contributed by atoms with E-state index in [0.29, 0.717) is 5.56 Å². The smallest absolute Gasteiger partial charge is 0.307 e. The monoisotopic (exact) mass is 436 g/mol. The molecule has 0 amide bonds. The number of phenols is 4. The summed E-state index contributed by atoms with van der Waals surface area (Å²) in [5.41, 5.74) is -0.233. The topological polar surface area (TPSA) is 158 Å². The van der Waals surface area contributed by atoms with Crippen molar-refractivity contribution in [3.63, 3.8) is 0 Å². The second-order valence-corrected chi connectivity index (χ2v) is 6.94. The van der Waals surface area contributed by atoms with Gasteiger partial charge in [0.1, 0.15) is 34.0 Å². The number of carbonyl (C=O) groups is 1. The minimum atomic E-state index is -1.08. The summed E-state index contributed by atoms with van der Waals surface area (Å²) in [6.45, 7) is 0. The first-order chi connectivity index (χ1) is 15.2. The van der Waals surface area contributed by atoms with Crippen LogP contribution in [0.3, 0.4) is 0 Å². The molecule has 1 heterocycles. The largest absolute Gasteiger partial charge is 0.508 e. The molecule has 0 aliphatic rings. The van der Waals surface area contributed by atoms with Crippen molar-refractivity contribution in [3.05, 3.63) is 70.4 Å². The molecule has 0 aliphatic heterocycles. The van der Waals surface area contributed by atoms with Crippen molar-refractivity contribution in [1.29, 1.82) is 0 Å². The van der Waals surface area contributed by atoms with E-state index in [2.05, 4.69) is 0 Å². The van der Waals surface area contributed by atoms with Gasteiger partial charge in [-0.3, -0.25) is 9.59 Å². The Bertz CT molecular complexity index is 1400. The van der Waals surface area contributed by atoms with Gasteiger partial charge in [-0.25, -0.2) is 0 Å². The fourth-order valence-electron chi connectivity index (χ4n) is 3.26. The molecule has 3 aromatic carbocycles. The van der Waals surface area contributed by atoms with E-state index in [-0.39, 0.29) is 46.0 Å². The van der Waals surface area contributed by atoms with Crippen molar-refractivity contribution in [3.8, 4) is 45.8 Å². The third kappa shape index (κ3) is 3.86. The number of carboxylic acids is 1. The van der Waals surface area contributed by atoms with Crippen molar-refractivity contribution in [2.75, 3.05) is 0 Å². The lowest BCUT2D eigenvalue weighted by atomic mass is 10.1. The Morgan fingerprint density at radius 3 is 2.28 bits per heavy atom. The molecule has 0 fully saturated rings. The van der Waals surface area contributed by atoms with Crippen LogP contribution in [0, 0.1) is 0 Å². The summed E-state index contributed by atoms with van der Waals surface area (Å²) < 4.78 is 11.1. The Morgan fingerprint density at radius 2 is 1.59 bits per heavy atom. The second-order valence-electron chi connectivity index (χ2n) is 6.94. The minimum absolute atomic E-state index is 0.0454. The third-order valence-electron chi connectivity index (χ3n) is 4.66. The van der Waals surface area contributed by atoms with Crippen LogP contribution < -0.4 is 10.2 Å². The molecule has 0 aliphatic carbocycles. The molecule has 32 heavy (non-hydrogen) atoms. The van der Waals surface area contributed by atoms with E-state index in [1.807, 2.05) is 0 Å². The summed E-state index contributed by atoms with van der Waals surface area (Å²) in [5.74, 6) is -3.05. The molecule has 0 saturated heterocycles. The molecule has 0 radical (unpaired) electrons. The lowest BCUT2D eigenvalue weighted by Gasteiger charge is -2.14. The average Bonchev–Trinajstić information content (AvgIpc) is 2.70. The molecule has 9 nitrogen and oxygen atoms in total. The van der Waals surface area contributed by atoms with Crippen molar-refractivity contribution < 1.29 is 39.5 Å². The molecule has 0 spiro atoms. The van der Waals surface area contributed by atoms with Crippen molar-refractivity contribution in [1.82, 2.24) is 0 Å². The highest BCUT2D eigenvalue weighted by molar-refractivity contribution is 5.86. The van der Waals surface area contributed by atoms with E-state index < -0.39 is 28.6 Å². The van der Waals surface area contributed by atoms with Gasteiger partial charge in [0.05, 0.1) is 6.42 Å². The molecule has 4 rings (SSSR count). The zero-order valence-electron chi connectivity index (χ0n) is 16.3. The first-order valence-corrected chi connectivity index (χ1v) is 9.26. The summed E-state index contributed by atoms with van der Waals surface area (Å²) in [5, 5.41) is 49.3. The second kappa shape index (κ2) is 7.88. The van der Waals surface area contributed by atoms with Crippen LogP contribution in [0.5, 0.6) is 34.5 Å². The van der Waals surface area contributed by atoms with Crippen molar-refractivity contribution >= 4 is 16.9 Å².